The van der Waals surface area contributed by atoms with Crippen molar-refractivity contribution in [2.75, 3.05) is 24.6 Å². The molecule has 0 atom stereocenters. The first kappa shape index (κ1) is 33.7. The van der Waals surface area contributed by atoms with Crippen LogP contribution in [0.4, 0.5) is 30.7 Å². The maximum Gasteiger partial charge on any atom is 0.490 e. The lowest BCUT2D eigenvalue weighted by Crippen LogP contribution is -2.49. The highest BCUT2D eigenvalue weighted by Gasteiger charge is 2.38. The molecule has 45 heavy (non-hydrogen) atoms. The number of nitrogens with one attached hydrogen (secondary N) is 1. The zero-order valence-electron chi connectivity index (χ0n) is 22.8. The van der Waals surface area contributed by atoms with Crippen molar-refractivity contribution in [1.29, 1.82) is 0 Å². The molecule has 1 saturated heterocycles. The lowest BCUT2D eigenvalue weighted by Gasteiger charge is -2.37. The molecule has 0 saturated carbocycles. The maximum atomic E-state index is 15.4. The van der Waals surface area contributed by atoms with Crippen LogP contribution in [0, 0.1) is 30.2 Å². The Morgan fingerprint density at radius 1 is 0.889 bits per heavy atom. The number of aromatic nitrogens is 2. The number of rotatable bonds is 5. The molecule has 1 aromatic heterocycles. The van der Waals surface area contributed by atoms with Gasteiger partial charge in [-0.25, -0.2) is 37.0 Å². The number of aliphatic hydroxyl groups is 2. The van der Waals surface area contributed by atoms with Gasteiger partial charge in [0.05, 0.1) is 22.2 Å². The molecular formula is C28H22F7N3O6S. The molecule has 1 fully saturated rings. The van der Waals surface area contributed by atoms with Gasteiger partial charge >= 0.3 is 18.1 Å². The van der Waals surface area contributed by atoms with E-state index in [4.69, 9.17) is 9.90 Å². The summed E-state index contributed by atoms with van der Waals surface area (Å²) in [4.78, 5) is 28.8. The number of hydrogen-bond donors (Lipinski definition) is 5. The molecule has 0 spiro atoms. The number of aromatic carboxylic acids is 1. The fourth-order valence-electron chi connectivity index (χ4n) is 4.63. The van der Waals surface area contributed by atoms with E-state index in [0.29, 0.717) is 30.4 Å². The van der Waals surface area contributed by atoms with Crippen LogP contribution < -0.4 is 0 Å². The molecule has 5 rings (SSSR count). The standard InChI is InChI=1S/C26H21F4N3O4S.C2HF3O2/c1-12-31-17-11-14(10-16(25(34)35)24(17)32-12)19-22(29)20(27)18(21(28)23(19)30)13-3-2-4-15(9-13)26(36,37)33-5-7-38-8-6-33;3-2(4,5)1(6)7/h2-4,9-11,36-37H,5-8H2,1H3,(H,31,32)(H,34,35);(H,6,7). The van der Waals surface area contributed by atoms with Crippen LogP contribution in [0.25, 0.3) is 33.3 Å². The van der Waals surface area contributed by atoms with Gasteiger partial charge < -0.3 is 25.4 Å². The number of benzene rings is 3. The summed E-state index contributed by atoms with van der Waals surface area (Å²) in [5, 5.41) is 38.2. The van der Waals surface area contributed by atoms with E-state index >= 15 is 17.6 Å². The van der Waals surface area contributed by atoms with Crippen molar-refractivity contribution in [3.63, 3.8) is 0 Å². The normalized spacial score (nSPS) is 14.3. The molecule has 0 bridgehead atoms. The Morgan fingerprint density at radius 2 is 1.42 bits per heavy atom. The van der Waals surface area contributed by atoms with Crippen molar-refractivity contribution < 1.29 is 60.7 Å². The Kier molecular flexibility index (Phi) is 9.48. The molecule has 9 nitrogen and oxygen atoms in total. The monoisotopic (exact) mass is 661 g/mol. The van der Waals surface area contributed by atoms with E-state index < -0.39 is 69.5 Å². The van der Waals surface area contributed by atoms with Crippen molar-refractivity contribution in [2.24, 2.45) is 0 Å². The average Bonchev–Trinajstić information content (AvgIpc) is 3.36. The van der Waals surface area contributed by atoms with E-state index in [2.05, 4.69) is 9.97 Å². The third-order valence-electron chi connectivity index (χ3n) is 6.72. The third kappa shape index (κ3) is 6.75. The number of carbonyl (C=O) groups is 2. The summed E-state index contributed by atoms with van der Waals surface area (Å²) < 4.78 is 93.2. The number of nitrogens with zero attached hydrogens (tertiary/aromatic N) is 2. The zero-order chi connectivity index (χ0) is 33.4. The molecule has 0 unspecified atom stereocenters. The molecule has 2 heterocycles. The SMILES string of the molecule is Cc1nc2c(C(=O)O)cc(-c3c(F)c(F)c(-c4cccc(C(O)(O)N5CCSCC5)c4)c(F)c3F)cc2[nH]1.O=C(O)C(F)(F)F. The highest BCUT2D eigenvalue weighted by atomic mass is 32.2. The summed E-state index contributed by atoms with van der Waals surface area (Å²) in [6.45, 7) is 2.24. The Bertz CT molecular complexity index is 1760. The van der Waals surface area contributed by atoms with E-state index in [-0.39, 0.29) is 22.2 Å². The van der Waals surface area contributed by atoms with Gasteiger partial charge in [-0.3, -0.25) is 0 Å². The summed E-state index contributed by atoms with van der Waals surface area (Å²) >= 11 is 1.64. The second kappa shape index (κ2) is 12.7. The number of aromatic amines is 1. The molecule has 1 aliphatic heterocycles. The van der Waals surface area contributed by atoms with Crippen LogP contribution >= 0.6 is 11.8 Å². The Balaban J connectivity index is 0.000000591. The van der Waals surface area contributed by atoms with Crippen LogP contribution in [0.3, 0.4) is 0 Å². The van der Waals surface area contributed by atoms with Crippen LogP contribution in [0.2, 0.25) is 0 Å². The number of carboxylic acids is 2. The van der Waals surface area contributed by atoms with Crippen LogP contribution in [-0.4, -0.2) is 78.0 Å². The molecule has 3 aromatic carbocycles. The molecule has 0 amide bonds. The first-order valence-corrected chi connectivity index (χ1v) is 13.9. The number of aliphatic carboxylic acids is 1. The van der Waals surface area contributed by atoms with E-state index in [1.54, 1.807) is 18.7 Å². The number of halogens is 7. The van der Waals surface area contributed by atoms with Crippen molar-refractivity contribution in [1.82, 2.24) is 14.9 Å². The zero-order valence-corrected chi connectivity index (χ0v) is 23.7. The summed E-state index contributed by atoms with van der Waals surface area (Å²) in [7, 11) is 0. The third-order valence-corrected chi connectivity index (χ3v) is 7.66. The largest absolute Gasteiger partial charge is 0.490 e. The van der Waals surface area contributed by atoms with Gasteiger partial charge in [0, 0.05) is 30.2 Å². The highest BCUT2D eigenvalue weighted by Crippen LogP contribution is 2.39. The quantitative estimate of drug-likeness (QED) is 0.110. The second-order valence-corrected chi connectivity index (χ2v) is 10.9. The van der Waals surface area contributed by atoms with Gasteiger partial charge in [-0.2, -0.15) is 24.9 Å². The van der Waals surface area contributed by atoms with Gasteiger partial charge in [0.2, 0.25) is 0 Å². The van der Waals surface area contributed by atoms with Crippen LogP contribution in [0.15, 0.2) is 36.4 Å². The van der Waals surface area contributed by atoms with E-state index in [1.807, 2.05) is 0 Å². The minimum Gasteiger partial charge on any atom is -0.478 e. The topological polar surface area (TPSA) is 147 Å². The summed E-state index contributed by atoms with van der Waals surface area (Å²) in [6.07, 6.45) is -5.08. The van der Waals surface area contributed by atoms with Gasteiger partial charge in [-0.05, 0) is 36.2 Å². The van der Waals surface area contributed by atoms with E-state index in [0.717, 1.165) is 18.2 Å². The number of carboxylic acid groups (broad SMARTS) is 2. The Labute approximate surface area is 252 Å². The van der Waals surface area contributed by atoms with Gasteiger partial charge in [-0.1, -0.05) is 18.2 Å². The lowest BCUT2D eigenvalue weighted by molar-refractivity contribution is -0.273. The molecule has 1 aliphatic rings. The fraction of sp³-hybridized carbons (Fsp3) is 0.250. The molecule has 0 radical (unpaired) electrons. The minimum absolute atomic E-state index is 0.0257. The predicted molar refractivity (Wildman–Crippen MR) is 147 cm³/mol. The van der Waals surface area contributed by atoms with E-state index in [1.165, 1.54) is 23.1 Å². The first-order chi connectivity index (χ1) is 20.9. The van der Waals surface area contributed by atoms with Gasteiger partial charge in [0.25, 0.3) is 5.91 Å². The summed E-state index contributed by atoms with van der Waals surface area (Å²) in [6, 6.07) is 6.93. The summed E-state index contributed by atoms with van der Waals surface area (Å²) in [5.74, 6) is -11.9. The number of fused-ring (bicyclic) bond motifs is 1. The van der Waals surface area contributed by atoms with Gasteiger partial charge in [0.1, 0.15) is 11.3 Å². The average molecular weight is 662 g/mol. The predicted octanol–water partition coefficient (Wildman–Crippen LogP) is 5.24. The molecular weight excluding hydrogens is 639 g/mol. The smallest absolute Gasteiger partial charge is 0.478 e. The first-order valence-electron chi connectivity index (χ1n) is 12.7. The van der Waals surface area contributed by atoms with Gasteiger partial charge in [0.15, 0.2) is 23.3 Å². The minimum atomic E-state index is -5.08. The Morgan fingerprint density at radius 3 is 1.93 bits per heavy atom. The lowest BCUT2D eigenvalue weighted by atomic mass is 9.94. The number of thioether (sulfide) groups is 1. The number of aryl methyl sites for hydroxylation is 1. The van der Waals surface area contributed by atoms with Crippen molar-refractivity contribution in [3.05, 3.63) is 76.6 Å². The van der Waals surface area contributed by atoms with Gasteiger partial charge in [-0.15, -0.1) is 0 Å². The van der Waals surface area contributed by atoms with Crippen molar-refractivity contribution in [2.45, 2.75) is 19.0 Å². The molecule has 0 aliphatic carbocycles. The maximum absolute atomic E-state index is 15.4. The number of imidazole rings is 1. The molecule has 240 valence electrons. The molecule has 17 heteroatoms. The van der Waals surface area contributed by atoms with Crippen LogP contribution in [0.5, 0.6) is 0 Å². The second-order valence-electron chi connectivity index (χ2n) is 9.67. The molecule has 5 N–H and O–H groups in total. The number of hydrogen-bond acceptors (Lipinski definition) is 7. The number of H-pyrrole nitrogens is 1. The number of alkyl halides is 3. The van der Waals surface area contributed by atoms with E-state index in [9.17, 15) is 33.3 Å². The van der Waals surface area contributed by atoms with Crippen molar-refractivity contribution in [3.8, 4) is 22.3 Å². The summed E-state index contributed by atoms with van der Waals surface area (Å²) in [5.41, 5.74) is -3.22. The van der Waals surface area contributed by atoms with Crippen LogP contribution in [0.1, 0.15) is 21.7 Å². The highest BCUT2D eigenvalue weighted by molar-refractivity contribution is 7.99. The Hall–Kier alpha value is -4.19. The van der Waals surface area contributed by atoms with Crippen molar-refractivity contribution >= 4 is 34.7 Å². The fourth-order valence-corrected chi connectivity index (χ4v) is 5.53. The van der Waals surface area contributed by atoms with Crippen LogP contribution in [-0.2, 0) is 10.7 Å². The molecule has 4 aromatic rings.